The van der Waals surface area contributed by atoms with Gasteiger partial charge in [-0.25, -0.2) is 4.39 Å². The van der Waals surface area contributed by atoms with Gasteiger partial charge in [0, 0.05) is 26.2 Å². The van der Waals surface area contributed by atoms with E-state index in [1.165, 1.54) is 27.8 Å². The number of hydrogen-bond donors (Lipinski definition) is 2. The van der Waals surface area contributed by atoms with Gasteiger partial charge in [0.15, 0.2) is 5.69 Å². The normalized spacial score (nSPS) is 18.1. The molecule has 0 saturated carbocycles. The van der Waals surface area contributed by atoms with E-state index in [0.717, 1.165) is 18.4 Å². The fourth-order valence-corrected chi connectivity index (χ4v) is 3.28. The number of halogens is 1. The molecule has 1 aliphatic heterocycles. The minimum absolute atomic E-state index is 0.113. The van der Waals surface area contributed by atoms with E-state index in [-0.39, 0.29) is 48.0 Å². The lowest BCUT2D eigenvalue weighted by Crippen LogP contribution is -2.62. The predicted octanol–water partition coefficient (Wildman–Crippen LogP) is 1.71. The zero-order valence-corrected chi connectivity index (χ0v) is 17.4. The van der Waals surface area contributed by atoms with Crippen molar-refractivity contribution < 1.29 is 18.8 Å². The van der Waals surface area contributed by atoms with E-state index in [1.54, 1.807) is 26.1 Å². The van der Waals surface area contributed by atoms with Crippen LogP contribution in [0, 0.1) is 5.82 Å². The van der Waals surface area contributed by atoms with E-state index < -0.39 is 5.54 Å². The molecule has 2 aromatic rings. The maximum absolute atomic E-state index is 13.0. The molecule has 0 radical (unpaired) electrons. The second-order valence-corrected chi connectivity index (χ2v) is 7.63. The van der Waals surface area contributed by atoms with Gasteiger partial charge in [0.2, 0.25) is 5.91 Å². The highest BCUT2D eigenvalue weighted by molar-refractivity contribution is 6.01. The largest absolute Gasteiger partial charge is 0.351 e. The highest BCUT2D eigenvalue weighted by Crippen LogP contribution is 2.26. The van der Waals surface area contributed by atoms with E-state index in [1.807, 2.05) is 6.92 Å². The zero-order valence-electron chi connectivity index (χ0n) is 17.4. The highest BCUT2D eigenvalue weighted by atomic mass is 19.1. The van der Waals surface area contributed by atoms with Crippen LogP contribution in [0.3, 0.4) is 0 Å². The van der Waals surface area contributed by atoms with E-state index in [2.05, 4.69) is 15.7 Å². The second-order valence-electron chi connectivity index (χ2n) is 7.63. The molecule has 30 heavy (non-hydrogen) atoms. The number of aromatic nitrogens is 2. The molecule has 0 aliphatic carbocycles. The molecule has 1 aliphatic rings. The van der Waals surface area contributed by atoms with Gasteiger partial charge in [-0.3, -0.25) is 19.1 Å². The van der Waals surface area contributed by atoms with E-state index in [4.69, 9.17) is 0 Å². The molecule has 0 fully saturated rings. The molecule has 1 aromatic carbocycles. The number of rotatable bonds is 7. The Morgan fingerprint density at radius 2 is 1.93 bits per heavy atom. The summed E-state index contributed by atoms with van der Waals surface area (Å²) < 4.78 is 14.5. The van der Waals surface area contributed by atoms with Crippen LogP contribution in [-0.2, 0) is 17.9 Å². The summed E-state index contributed by atoms with van der Waals surface area (Å²) in [7, 11) is 1.55. The molecule has 1 aromatic heterocycles. The summed E-state index contributed by atoms with van der Waals surface area (Å²) in [6.45, 7) is 4.53. The number of unbranched alkanes of at least 4 members (excludes halogenated alkanes) is 1. The number of hydrogen-bond acceptors (Lipinski definition) is 4. The van der Waals surface area contributed by atoms with Crippen molar-refractivity contribution in [3.63, 3.8) is 0 Å². The monoisotopic (exact) mass is 415 g/mol. The lowest BCUT2D eigenvalue weighted by Gasteiger charge is -2.40. The summed E-state index contributed by atoms with van der Waals surface area (Å²) in [6, 6.07) is 7.27. The fourth-order valence-electron chi connectivity index (χ4n) is 3.28. The molecule has 9 heteroatoms. The van der Waals surface area contributed by atoms with Crippen molar-refractivity contribution in [2.45, 2.75) is 45.3 Å². The van der Waals surface area contributed by atoms with Gasteiger partial charge < -0.3 is 15.5 Å². The van der Waals surface area contributed by atoms with Crippen LogP contribution in [0.5, 0.6) is 0 Å². The zero-order chi connectivity index (χ0) is 21.9. The summed E-state index contributed by atoms with van der Waals surface area (Å²) in [6.07, 6.45) is 1.81. The van der Waals surface area contributed by atoms with Crippen LogP contribution in [0.4, 0.5) is 4.39 Å². The average Bonchev–Trinajstić information content (AvgIpc) is 3.15. The van der Waals surface area contributed by atoms with Crippen LogP contribution in [0.15, 0.2) is 30.3 Å². The van der Waals surface area contributed by atoms with Crippen molar-refractivity contribution in [1.29, 1.82) is 0 Å². The SMILES string of the molecule is CCCCNC(=O)c1cc2n(n1)C[C@](C)(C(=O)NCc1ccc(F)cc1)N(C)C2=O. The predicted molar refractivity (Wildman–Crippen MR) is 108 cm³/mol. The van der Waals surface area contributed by atoms with Gasteiger partial charge in [-0.1, -0.05) is 25.5 Å². The summed E-state index contributed by atoms with van der Waals surface area (Å²) in [5.74, 6) is -1.45. The molecule has 0 spiro atoms. The van der Waals surface area contributed by atoms with Crippen LogP contribution < -0.4 is 10.6 Å². The first-order chi connectivity index (χ1) is 14.3. The molecular weight excluding hydrogens is 389 g/mol. The Hall–Kier alpha value is -3.23. The Morgan fingerprint density at radius 1 is 1.23 bits per heavy atom. The van der Waals surface area contributed by atoms with Gasteiger partial charge in [0.1, 0.15) is 17.1 Å². The number of nitrogens with one attached hydrogen (secondary N) is 2. The fraction of sp³-hybridized carbons (Fsp3) is 0.429. The Balaban J connectivity index is 1.74. The molecular formula is C21H26FN5O3. The van der Waals surface area contributed by atoms with Crippen molar-refractivity contribution in [2.24, 2.45) is 0 Å². The van der Waals surface area contributed by atoms with E-state index >= 15 is 0 Å². The third-order valence-electron chi connectivity index (χ3n) is 5.41. The molecule has 160 valence electrons. The third kappa shape index (κ3) is 4.19. The lowest BCUT2D eigenvalue weighted by molar-refractivity contribution is -0.132. The van der Waals surface area contributed by atoms with Gasteiger partial charge in [-0.05, 0) is 31.0 Å². The number of carbonyl (C=O) groups excluding carboxylic acids is 3. The molecule has 3 rings (SSSR count). The van der Waals surface area contributed by atoms with Crippen LogP contribution in [-0.4, -0.2) is 51.5 Å². The van der Waals surface area contributed by atoms with Crippen LogP contribution >= 0.6 is 0 Å². The van der Waals surface area contributed by atoms with Gasteiger partial charge >= 0.3 is 0 Å². The molecule has 1 atom stereocenters. The number of likely N-dealkylation sites (N-methyl/N-ethyl adjacent to an activating group) is 1. The van der Waals surface area contributed by atoms with E-state index in [0.29, 0.717) is 6.54 Å². The van der Waals surface area contributed by atoms with Crippen LogP contribution in [0.2, 0.25) is 0 Å². The molecule has 2 N–H and O–H groups in total. The first-order valence-corrected chi connectivity index (χ1v) is 9.93. The summed E-state index contributed by atoms with van der Waals surface area (Å²) >= 11 is 0. The number of amides is 3. The number of fused-ring (bicyclic) bond motifs is 1. The molecule has 8 nitrogen and oxygen atoms in total. The Labute approximate surface area is 174 Å². The number of benzene rings is 1. The van der Waals surface area contributed by atoms with Crippen LogP contribution in [0.25, 0.3) is 0 Å². The smallest absolute Gasteiger partial charge is 0.272 e. The summed E-state index contributed by atoms with van der Waals surface area (Å²) in [4.78, 5) is 39.4. The number of nitrogens with zero attached hydrogens (tertiary/aromatic N) is 3. The Morgan fingerprint density at radius 3 is 2.60 bits per heavy atom. The molecule has 0 saturated heterocycles. The lowest BCUT2D eigenvalue weighted by atomic mass is 9.96. The van der Waals surface area contributed by atoms with Crippen molar-refractivity contribution in [2.75, 3.05) is 13.6 Å². The van der Waals surface area contributed by atoms with Crippen molar-refractivity contribution in [3.8, 4) is 0 Å². The standard InChI is InChI=1S/C21H26FN5O3/c1-4-5-10-23-18(28)16-11-17-19(29)26(3)21(2,13-27(17)25-16)20(30)24-12-14-6-8-15(22)9-7-14/h6-9,11H,4-5,10,12-13H2,1-3H3,(H,23,28)(H,24,30)/t21-/m1/s1. The van der Waals surface area contributed by atoms with Gasteiger partial charge in [0.25, 0.3) is 11.8 Å². The maximum atomic E-state index is 13.0. The number of carbonyl (C=O) groups is 3. The van der Waals surface area contributed by atoms with Crippen molar-refractivity contribution in [1.82, 2.24) is 25.3 Å². The van der Waals surface area contributed by atoms with Crippen molar-refractivity contribution in [3.05, 3.63) is 53.1 Å². The van der Waals surface area contributed by atoms with Gasteiger partial charge in [0.05, 0.1) is 6.54 Å². The minimum Gasteiger partial charge on any atom is -0.351 e. The van der Waals surface area contributed by atoms with Gasteiger partial charge in [-0.15, -0.1) is 0 Å². The van der Waals surface area contributed by atoms with Crippen LogP contribution in [0.1, 0.15) is 53.2 Å². The van der Waals surface area contributed by atoms with E-state index in [9.17, 15) is 18.8 Å². The topological polar surface area (TPSA) is 96.3 Å². The summed E-state index contributed by atoms with van der Waals surface area (Å²) in [5.41, 5.74) is -0.0312. The molecule has 0 unspecified atom stereocenters. The molecule has 3 amide bonds. The summed E-state index contributed by atoms with van der Waals surface area (Å²) in [5, 5.41) is 9.83. The maximum Gasteiger partial charge on any atom is 0.272 e. The second kappa shape index (κ2) is 8.64. The minimum atomic E-state index is -1.19. The first kappa shape index (κ1) is 21.5. The average molecular weight is 415 g/mol. The highest BCUT2D eigenvalue weighted by Gasteiger charge is 2.46. The Kier molecular flexibility index (Phi) is 6.19. The Bertz CT molecular complexity index is 956. The third-order valence-corrected chi connectivity index (χ3v) is 5.41. The molecule has 2 heterocycles. The van der Waals surface area contributed by atoms with Gasteiger partial charge in [-0.2, -0.15) is 5.10 Å². The first-order valence-electron chi connectivity index (χ1n) is 9.93. The van der Waals surface area contributed by atoms with Crippen molar-refractivity contribution >= 4 is 17.7 Å². The quantitative estimate of drug-likeness (QED) is 0.673. The molecule has 0 bridgehead atoms.